The molecule has 1 unspecified atom stereocenters. The summed E-state index contributed by atoms with van der Waals surface area (Å²) in [7, 11) is 1.88. The van der Waals surface area contributed by atoms with Gasteiger partial charge in [0, 0.05) is 26.7 Å². The molecule has 0 aromatic carbocycles. The lowest BCUT2D eigenvalue weighted by molar-refractivity contribution is -0.134. The maximum absolute atomic E-state index is 12.0. The lowest BCUT2D eigenvalue weighted by atomic mass is 9.98. The predicted molar refractivity (Wildman–Crippen MR) is 64.2 cm³/mol. The van der Waals surface area contributed by atoms with Crippen molar-refractivity contribution in [1.29, 1.82) is 0 Å². The minimum Gasteiger partial charge on any atom is -0.396 e. The molecule has 0 aliphatic carbocycles. The summed E-state index contributed by atoms with van der Waals surface area (Å²) < 4.78 is 0. The molecule has 1 heterocycles. The Hall–Kier alpha value is -0.610. The Kier molecular flexibility index (Phi) is 6.42. The Bertz CT molecular complexity index is 203. The number of piperidine rings is 1. The maximum atomic E-state index is 12.0. The first-order chi connectivity index (χ1) is 7.75. The predicted octanol–water partition coefficient (Wildman–Crippen LogP) is 0.607. The SMILES string of the molecule is CN(CCCCCO)C(=O)C1CCCNC1. The minimum absolute atomic E-state index is 0.177. The van der Waals surface area contributed by atoms with Gasteiger partial charge in [-0.1, -0.05) is 0 Å². The van der Waals surface area contributed by atoms with Crippen molar-refractivity contribution >= 4 is 5.91 Å². The highest BCUT2D eigenvalue weighted by Crippen LogP contribution is 2.13. The van der Waals surface area contributed by atoms with Crippen molar-refractivity contribution in [3.63, 3.8) is 0 Å². The minimum atomic E-state index is 0.177. The normalized spacial score (nSPS) is 20.8. The standard InChI is InChI=1S/C12H24N2O2/c1-14(8-3-2-4-9-15)12(16)11-6-5-7-13-10-11/h11,13,15H,2-10H2,1H3. The van der Waals surface area contributed by atoms with Gasteiger partial charge in [0.2, 0.25) is 5.91 Å². The van der Waals surface area contributed by atoms with E-state index in [2.05, 4.69) is 5.32 Å². The van der Waals surface area contributed by atoms with E-state index in [0.29, 0.717) is 0 Å². The van der Waals surface area contributed by atoms with Crippen molar-refractivity contribution in [1.82, 2.24) is 10.2 Å². The molecule has 0 saturated carbocycles. The average Bonchev–Trinajstić information content (AvgIpc) is 2.34. The molecule has 1 rings (SSSR count). The number of rotatable bonds is 6. The molecule has 16 heavy (non-hydrogen) atoms. The summed E-state index contributed by atoms with van der Waals surface area (Å²) >= 11 is 0. The average molecular weight is 228 g/mol. The molecule has 0 spiro atoms. The Morgan fingerprint density at radius 2 is 2.25 bits per heavy atom. The number of aliphatic hydroxyl groups excluding tert-OH is 1. The van der Waals surface area contributed by atoms with E-state index in [-0.39, 0.29) is 18.4 Å². The fourth-order valence-corrected chi connectivity index (χ4v) is 2.12. The molecule has 1 saturated heterocycles. The first-order valence-corrected chi connectivity index (χ1v) is 6.32. The zero-order valence-corrected chi connectivity index (χ0v) is 10.2. The Balaban J connectivity index is 2.18. The molecule has 1 amide bonds. The molecule has 1 fully saturated rings. The van der Waals surface area contributed by atoms with Gasteiger partial charge in [0.1, 0.15) is 0 Å². The lowest BCUT2D eigenvalue weighted by Crippen LogP contribution is -2.41. The molecule has 2 N–H and O–H groups in total. The molecule has 0 radical (unpaired) electrons. The van der Waals surface area contributed by atoms with Crippen molar-refractivity contribution < 1.29 is 9.90 Å². The lowest BCUT2D eigenvalue weighted by Gasteiger charge is -2.27. The summed E-state index contributed by atoms with van der Waals surface area (Å²) in [5.74, 6) is 0.452. The quantitative estimate of drug-likeness (QED) is 0.655. The zero-order valence-electron chi connectivity index (χ0n) is 10.2. The van der Waals surface area contributed by atoms with Crippen LogP contribution in [0.25, 0.3) is 0 Å². The fraction of sp³-hybridized carbons (Fsp3) is 0.917. The van der Waals surface area contributed by atoms with E-state index in [0.717, 1.165) is 51.7 Å². The van der Waals surface area contributed by atoms with Gasteiger partial charge < -0.3 is 15.3 Å². The molecular weight excluding hydrogens is 204 g/mol. The first kappa shape index (κ1) is 13.5. The van der Waals surface area contributed by atoms with E-state index in [1.165, 1.54) is 0 Å². The van der Waals surface area contributed by atoms with Crippen LogP contribution in [0.4, 0.5) is 0 Å². The van der Waals surface area contributed by atoms with Crippen LogP contribution in [-0.4, -0.2) is 49.2 Å². The number of carbonyl (C=O) groups excluding carboxylic acids is 1. The third-order valence-corrected chi connectivity index (χ3v) is 3.17. The van der Waals surface area contributed by atoms with Gasteiger partial charge >= 0.3 is 0 Å². The Morgan fingerprint density at radius 1 is 1.44 bits per heavy atom. The third kappa shape index (κ3) is 4.49. The van der Waals surface area contributed by atoms with Gasteiger partial charge in [-0.15, -0.1) is 0 Å². The number of amides is 1. The summed E-state index contributed by atoms with van der Waals surface area (Å²) in [5.41, 5.74) is 0. The van der Waals surface area contributed by atoms with Gasteiger partial charge in [-0.3, -0.25) is 4.79 Å². The molecule has 94 valence electrons. The number of carbonyl (C=O) groups is 1. The van der Waals surface area contributed by atoms with Crippen molar-refractivity contribution in [3.05, 3.63) is 0 Å². The Morgan fingerprint density at radius 3 is 2.88 bits per heavy atom. The van der Waals surface area contributed by atoms with Crippen LogP contribution >= 0.6 is 0 Å². The summed E-state index contributed by atoms with van der Waals surface area (Å²) in [6.07, 6.45) is 4.95. The number of nitrogens with zero attached hydrogens (tertiary/aromatic N) is 1. The van der Waals surface area contributed by atoms with Gasteiger partial charge in [0.05, 0.1) is 5.92 Å². The Labute approximate surface area is 98.0 Å². The van der Waals surface area contributed by atoms with Gasteiger partial charge in [-0.05, 0) is 38.6 Å². The monoisotopic (exact) mass is 228 g/mol. The zero-order chi connectivity index (χ0) is 11.8. The van der Waals surface area contributed by atoms with E-state index in [4.69, 9.17) is 5.11 Å². The number of nitrogens with one attached hydrogen (secondary N) is 1. The smallest absolute Gasteiger partial charge is 0.226 e. The van der Waals surface area contributed by atoms with Crippen molar-refractivity contribution in [3.8, 4) is 0 Å². The first-order valence-electron chi connectivity index (χ1n) is 6.32. The molecule has 0 bridgehead atoms. The van der Waals surface area contributed by atoms with Crippen molar-refractivity contribution in [2.75, 3.05) is 33.3 Å². The molecule has 4 heteroatoms. The molecule has 1 aliphatic heterocycles. The van der Waals surface area contributed by atoms with Crippen molar-refractivity contribution in [2.45, 2.75) is 32.1 Å². The number of hydrogen-bond donors (Lipinski definition) is 2. The van der Waals surface area contributed by atoms with Crippen molar-refractivity contribution in [2.24, 2.45) is 5.92 Å². The van der Waals surface area contributed by atoms with E-state index in [1.54, 1.807) is 0 Å². The van der Waals surface area contributed by atoms with Crippen LogP contribution in [0.2, 0.25) is 0 Å². The van der Waals surface area contributed by atoms with Crippen LogP contribution in [0.1, 0.15) is 32.1 Å². The largest absolute Gasteiger partial charge is 0.396 e. The van der Waals surface area contributed by atoms with Crippen LogP contribution < -0.4 is 5.32 Å². The molecule has 4 nitrogen and oxygen atoms in total. The van der Waals surface area contributed by atoms with E-state index in [9.17, 15) is 4.79 Å². The second-order valence-electron chi connectivity index (χ2n) is 4.59. The topological polar surface area (TPSA) is 52.6 Å². The number of hydrogen-bond acceptors (Lipinski definition) is 3. The van der Waals surface area contributed by atoms with Gasteiger partial charge in [-0.25, -0.2) is 0 Å². The second kappa shape index (κ2) is 7.63. The summed E-state index contributed by atoms with van der Waals surface area (Å²) in [4.78, 5) is 13.8. The maximum Gasteiger partial charge on any atom is 0.226 e. The van der Waals surface area contributed by atoms with Gasteiger partial charge in [0.25, 0.3) is 0 Å². The summed E-state index contributed by atoms with van der Waals surface area (Å²) in [6, 6.07) is 0. The van der Waals surface area contributed by atoms with Gasteiger partial charge in [-0.2, -0.15) is 0 Å². The molecular formula is C12H24N2O2. The summed E-state index contributed by atoms with van der Waals surface area (Å²) in [6.45, 7) is 2.95. The molecule has 0 aromatic heterocycles. The highest BCUT2D eigenvalue weighted by Gasteiger charge is 2.23. The summed E-state index contributed by atoms with van der Waals surface area (Å²) in [5, 5.41) is 11.9. The molecule has 1 atom stereocenters. The van der Waals surface area contributed by atoms with E-state index in [1.807, 2.05) is 11.9 Å². The number of aliphatic hydroxyl groups is 1. The number of unbranched alkanes of at least 4 members (excludes halogenated alkanes) is 2. The van der Waals surface area contributed by atoms with Crippen LogP contribution in [-0.2, 0) is 4.79 Å². The second-order valence-corrected chi connectivity index (χ2v) is 4.59. The van der Waals surface area contributed by atoms with Gasteiger partial charge in [0.15, 0.2) is 0 Å². The van der Waals surface area contributed by atoms with Crippen LogP contribution in [0.5, 0.6) is 0 Å². The highest BCUT2D eigenvalue weighted by molar-refractivity contribution is 5.78. The van der Waals surface area contributed by atoms with E-state index < -0.39 is 0 Å². The van der Waals surface area contributed by atoms with Crippen LogP contribution in [0.15, 0.2) is 0 Å². The highest BCUT2D eigenvalue weighted by atomic mass is 16.2. The van der Waals surface area contributed by atoms with Crippen LogP contribution in [0, 0.1) is 5.92 Å². The molecule has 1 aliphatic rings. The van der Waals surface area contributed by atoms with E-state index >= 15 is 0 Å². The molecule has 0 aromatic rings. The fourth-order valence-electron chi connectivity index (χ4n) is 2.12. The third-order valence-electron chi connectivity index (χ3n) is 3.17. The van der Waals surface area contributed by atoms with Crippen LogP contribution in [0.3, 0.4) is 0 Å².